The quantitative estimate of drug-likeness (QED) is 0.627. The fourth-order valence-corrected chi connectivity index (χ4v) is 1.24. The van der Waals surface area contributed by atoms with Crippen LogP contribution in [0.25, 0.3) is 0 Å². The van der Waals surface area contributed by atoms with E-state index in [0.717, 1.165) is 18.9 Å². The lowest BCUT2D eigenvalue weighted by molar-refractivity contribution is -0.121. The Hall–Kier alpha value is -0.530. The summed E-state index contributed by atoms with van der Waals surface area (Å²) in [4.78, 5) is 11.3. The Morgan fingerprint density at radius 2 is 1.71 bits per heavy atom. The highest BCUT2D eigenvalue weighted by atomic mass is 16.1. The van der Waals surface area contributed by atoms with E-state index in [-0.39, 0.29) is 5.91 Å². The monoisotopic (exact) mass is 199 g/mol. The maximum absolute atomic E-state index is 11.3. The molecule has 0 aromatic carbocycles. The smallest absolute Gasteiger partial charge is 0.220 e. The third-order valence-electron chi connectivity index (χ3n) is 2.14. The number of carbonyl (C=O) groups is 1. The molecule has 14 heavy (non-hydrogen) atoms. The van der Waals surface area contributed by atoms with Gasteiger partial charge in [0.1, 0.15) is 0 Å². The fourth-order valence-electron chi connectivity index (χ4n) is 1.24. The Morgan fingerprint density at radius 3 is 2.21 bits per heavy atom. The summed E-state index contributed by atoms with van der Waals surface area (Å²) in [5.74, 6) is 1.52. The van der Waals surface area contributed by atoms with Gasteiger partial charge in [0.15, 0.2) is 0 Å². The Balaban J connectivity index is 3.27. The molecule has 2 heteroatoms. The third-order valence-corrected chi connectivity index (χ3v) is 2.14. The van der Waals surface area contributed by atoms with Crippen LogP contribution in [0.2, 0.25) is 0 Å². The summed E-state index contributed by atoms with van der Waals surface area (Å²) in [7, 11) is 0. The number of nitrogens with one attached hydrogen (secondary N) is 1. The average Bonchev–Trinajstić information content (AvgIpc) is 2.08. The first-order chi connectivity index (χ1) is 6.52. The van der Waals surface area contributed by atoms with Crippen molar-refractivity contribution in [1.29, 1.82) is 0 Å². The molecule has 0 bridgehead atoms. The van der Waals surface area contributed by atoms with Gasteiger partial charge in [-0.2, -0.15) is 0 Å². The molecule has 0 aromatic heterocycles. The van der Waals surface area contributed by atoms with Crippen LogP contribution < -0.4 is 5.32 Å². The van der Waals surface area contributed by atoms with Gasteiger partial charge in [0.2, 0.25) is 5.91 Å². The summed E-state index contributed by atoms with van der Waals surface area (Å²) in [6, 6.07) is 0. The van der Waals surface area contributed by atoms with E-state index < -0.39 is 0 Å². The molecule has 0 aromatic rings. The molecule has 0 heterocycles. The highest BCUT2D eigenvalue weighted by molar-refractivity contribution is 5.75. The van der Waals surface area contributed by atoms with Crippen molar-refractivity contribution in [3.8, 4) is 0 Å². The van der Waals surface area contributed by atoms with Gasteiger partial charge < -0.3 is 5.32 Å². The molecule has 0 aliphatic rings. The van der Waals surface area contributed by atoms with Gasteiger partial charge >= 0.3 is 0 Å². The zero-order chi connectivity index (χ0) is 11.0. The molecule has 84 valence electrons. The topological polar surface area (TPSA) is 29.1 Å². The minimum Gasteiger partial charge on any atom is -0.356 e. The van der Waals surface area contributed by atoms with E-state index in [1.807, 2.05) is 0 Å². The van der Waals surface area contributed by atoms with Crippen molar-refractivity contribution >= 4 is 5.91 Å². The van der Waals surface area contributed by atoms with Crippen LogP contribution in [0.15, 0.2) is 0 Å². The SMILES string of the molecule is CC(C)CCCCC(=O)NCC(C)C. The van der Waals surface area contributed by atoms with E-state index in [2.05, 4.69) is 33.0 Å². The van der Waals surface area contributed by atoms with Crippen LogP contribution in [0.5, 0.6) is 0 Å². The zero-order valence-corrected chi connectivity index (χ0v) is 10.1. The van der Waals surface area contributed by atoms with Crippen LogP contribution in [0, 0.1) is 11.8 Å². The summed E-state index contributed by atoms with van der Waals surface area (Å²) in [5.41, 5.74) is 0. The molecule has 0 saturated carbocycles. The first-order valence-electron chi connectivity index (χ1n) is 5.79. The minimum absolute atomic E-state index is 0.211. The van der Waals surface area contributed by atoms with Crippen molar-refractivity contribution in [3.63, 3.8) is 0 Å². The van der Waals surface area contributed by atoms with Gasteiger partial charge in [0.05, 0.1) is 0 Å². The highest BCUT2D eigenvalue weighted by Gasteiger charge is 2.02. The molecule has 0 aliphatic carbocycles. The zero-order valence-electron chi connectivity index (χ0n) is 10.1. The van der Waals surface area contributed by atoms with E-state index in [4.69, 9.17) is 0 Å². The van der Waals surface area contributed by atoms with Crippen molar-refractivity contribution in [3.05, 3.63) is 0 Å². The normalized spacial score (nSPS) is 11.0. The number of hydrogen-bond acceptors (Lipinski definition) is 1. The van der Waals surface area contributed by atoms with Gasteiger partial charge in [-0.3, -0.25) is 4.79 Å². The van der Waals surface area contributed by atoms with Gasteiger partial charge in [-0.25, -0.2) is 0 Å². The number of rotatable bonds is 7. The molecule has 0 spiro atoms. The van der Waals surface area contributed by atoms with Crippen molar-refractivity contribution in [2.75, 3.05) is 6.54 Å². The molecule has 0 saturated heterocycles. The highest BCUT2D eigenvalue weighted by Crippen LogP contribution is 2.07. The molecule has 0 atom stereocenters. The van der Waals surface area contributed by atoms with Gasteiger partial charge in [-0.15, -0.1) is 0 Å². The second kappa shape index (κ2) is 7.84. The van der Waals surface area contributed by atoms with Crippen LogP contribution in [0.4, 0.5) is 0 Å². The predicted molar refractivity (Wildman–Crippen MR) is 61.2 cm³/mol. The van der Waals surface area contributed by atoms with Crippen molar-refractivity contribution in [2.24, 2.45) is 11.8 Å². The number of hydrogen-bond donors (Lipinski definition) is 1. The second-order valence-corrected chi connectivity index (χ2v) is 4.84. The standard InChI is InChI=1S/C12H25NO/c1-10(2)7-5-6-8-12(14)13-9-11(3)4/h10-11H,5-9H2,1-4H3,(H,13,14). The van der Waals surface area contributed by atoms with Crippen LogP contribution >= 0.6 is 0 Å². The van der Waals surface area contributed by atoms with Crippen LogP contribution in [-0.2, 0) is 4.79 Å². The van der Waals surface area contributed by atoms with Crippen molar-refractivity contribution in [2.45, 2.75) is 53.4 Å². The van der Waals surface area contributed by atoms with Gasteiger partial charge in [-0.1, -0.05) is 40.5 Å². The molecule has 0 fully saturated rings. The van der Waals surface area contributed by atoms with Crippen LogP contribution in [0.1, 0.15) is 53.4 Å². The predicted octanol–water partition coefficient (Wildman–Crippen LogP) is 2.98. The molecular formula is C12H25NO. The maximum atomic E-state index is 11.3. The van der Waals surface area contributed by atoms with E-state index in [9.17, 15) is 4.79 Å². The first kappa shape index (κ1) is 13.5. The fraction of sp³-hybridized carbons (Fsp3) is 0.917. The van der Waals surface area contributed by atoms with Gasteiger partial charge in [0, 0.05) is 13.0 Å². The number of unbranched alkanes of at least 4 members (excludes halogenated alkanes) is 1. The summed E-state index contributed by atoms with van der Waals surface area (Å²) >= 11 is 0. The van der Waals surface area contributed by atoms with E-state index in [0.29, 0.717) is 12.3 Å². The number of amides is 1. The third kappa shape index (κ3) is 9.56. The maximum Gasteiger partial charge on any atom is 0.220 e. The minimum atomic E-state index is 0.211. The van der Waals surface area contributed by atoms with E-state index >= 15 is 0 Å². The lowest BCUT2D eigenvalue weighted by atomic mass is 10.1. The lowest BCUT2D eigenvalue weighted by Gasteiger charge is -2.07. The molecule has 0 aliphatic heterocycles. The van der Waals surface area contributed by atoms with E-state index in [1.165, 1.54) is 12.8 Å². The lowest BCUT2D eigenvalue weighted by Crippen LogP contribution is -2.26. The van der Waals surface area contributed by atoms with E-state index in [1.54, 1.807) is 0 Å². The molecule has 0 unspecified atom stereocenters. The molecule has 1 N–H and O–H groups in total. The van der Waals surface area contributed by atoms with Crippen LogP contribution in [-0.4, -0.2) is 12.5 Å². The van der Waals surface area contributed by atoms with Gasteiger partial charge in [-0.05, 0) is 18.3 Å². The molecule has 2 nitrogen and oxygen atoms in total. The molecule has 0 rings (SSSR count). The Bertz CT molecular complexity index is 152. The second-order valence-electron chi connectivity index (χ2n) is 4.84. The summed E-state index contributed by atoms with van der Waals surface area (Å²) in [5, 5.41) is 2.93. The largest absolute Gasteiger partial charge is 0.356 e. The molecule has 1 amide bonds. The Kier molecular flexibility index (Phi) is 7.54. The summed E-state index contributed by atoms with van der Waals surface area (Å²) < 4.78 is 0. The Labute approximate surface area is 88.5 Å². The molecular weight excluding hydrogens is 174 g/mol. The van der Waals surface area contributed by atoms with Crippen molar-refractivity contribution < 1.29 is 4.79 Å². The van der Waals surface area contributed by atoms with Crippen LogP contribution in [0.3, 0.4) is 0 Å². The van der Waals surface area contributed by atoms with Gasteiger partial charge in [0.25, 0.3) is 0 Å². The molecule has 0 radical (unpaired) electrons. The average molecular weight is 199 g/mol. The summed E-state index contributed by atoms with van der Waals surface area (Å²) in [6.45, 7) is 9.47. The van der Waals surface area contributed by atoms with Crippen molar-refractivity contribution in [1.82, 2.24) is 5.32 Å². The Morgan fingerprint density at radius 1 is 1.07 bits per heavy atom. The number of carbonyl (C=O) groups excluding carboxylic acids is 1. The summed E-state index contributed by atoms with van der Waals surface area (Å²) in [6.07, 6.45) is 4.13. The first-order valence-corrected chi connectivity index (χ1v) is 5.79.